The summed E-state index contributed by atoms with van der Waals surface area (Å²) in [5.74, 6) is -0.461. The second-order valence-corrected chi connectivity index (χ2v) is 7.82. The van der Waals surface area contributed by atoms with Gasteiger partial charge in [0, 0.05) is 29.8 Å². The van der Waals surface area contributed by atoms with Crippen molar-refractivity contribution in [3.63, 3.8) is 0 Å². The SMILES string of the molecule is CS(=O)(=O)Nc1ccc(/C=C/C(=O)OCc2ccc(-n3ccnc3)cc2)cc1. The van der Waals surface area contributed by atoms with Crippen molar-refractivity contribution in [1.29, 1.82) is 0 Å². The summed E-state index contributed by atoms with van der Waals surface area (Å²) in [4.78, 5) is 15.9. The van der Waals surface area contributed by atoms with Gasteiger partial charge in [0.2, 0.25) is 10.0 Å². The van der Waals surface area contributed by atoms with Crippen molar-refractivity contribution < 1.29 is 17.9 Å². The van der Waals surface area contributed by atoms with Gasteiger partial charge in [0.25, 0.3) is 0 Å². The van der Waals surface area contributed by atoms with Crippen LogP contribution in [0.15, 0.2) is 73.3 Å². The van der Waals surface area contributed by atoms with Gasteiger partial charge in [0.1, 0.15) is 6.61 Å². The Hall–Kier alpha value is -3.39. The van der Waals surface area contributed by atoms with Gasteiger partial charge in [0.15, 0.2) is 0 Å². The summed E-state index contributed by atoms with van der Waals surface area (Å²) in [6.07, 6.45) is 9.29. The van der Waals surface area contributed by atoms with Crippen molar-refractivity contribution in [2.24, 2.45) is 0 Å². The molecule has 0 aliphatic rings. The summed E-state index contributed by atoms with van der Waals surface area (Å²) in [5.41, 5.74) is 3.06. The Labute approximate surface area is 163 Å². The average Bonchev–Trinajstić information content (AvgIpc) is 3.20. The molecule has 2 aromatic carbocycles. The first-order chi connectivity index (χ1) is 13.4. The van der Waals surface area contributed by atoms with Crippen LogP contribution in [0.4, 0.5) is 5.69 Å². The fraction of sp³-hybridized carbons (Fsp3) is 0.100. The summed E-state index contributed by atoms with van der Waals surface area (Å²) in [5, 5.41) is 0. The first-order valence-corrected chi connectivity index (χ1v) is 10.3. The molecule has 0 fully saturated rings. The molecule has 8 heteroatoms. The Balaban J connectivity index is 1.51. The number of anilines is 1. The summed E-state index contributed by atoms with van der Waals surface area (Å²) < 4.78 is 31.8. The van der Waals surface area contributed by atoms with Crippen LogP contribution in [0.5, 0.6) is 0 Å². The molecule has 3 rings (SSSR count). The lowest BCUT2D eigenvalue weighted by atomic mass is 10.2. The van der Waals surface area contributed by atoms with Gasteiger partial charge in [-0.1, -0.05) is 24.3 Å². The Bertz CT molecular complexity index is 1060. The molecule has 7 nitrogen and oxygen atoms in total. The molecule has 0 spiro atoms. The smallest absolute Gasteiger partial charge is 0.331 e. The van der Waals surface area contributed by atoms with Crippen LogP contribution in [-0.2, 0) is 26.2 Å². The number of carbonyl (C=O) groups excluding carboxylic acids is 1. The van der Waals surface area contributed by atoms with E-state index in [9.17, 15) is 13.2 Å². The Morgan fingerprint density at radius 1 is 1.14 bits per heavy atom. The average molecular weight is 397 g/mol. The predicted molar refractivity (Wildman–Crippen MR) is 107 cm³/mol. The summed E-state index contributed by atoms with van der Waals surface area (Å²) in [6, 6.07) is 14.3. The second-order valence-electron chi connectivity index (χ2n) is 6.07. The molecule has 0 atom stereocenters. The Morgan fingerprint density at radius 3 is 2.46 bits per heavy atom. The van der Waals surface area contributed by atoms with Crippen LogP contribution in [0, 0.1) is 0 Å². The summed E-state index contributed by atoms with van der Waals surface area (Å²) >= 11 is 0. The maximum absolute atomic E-state index is 11.9. The molecule has 0 saturated carbocycles. The fourth-order valence-electron chi connectivity index (χ4n) is 2.42. The number of imidazole rings is 1. The van der Waals surface area contributed by atoms with Crippen LogP contribution in [0.3, 0.4) is 0 Å². The number of esters is 1. The van der Waals surface area contributed by atoms with E-state index in [1.54, 1.807) is 42.9 Å². The lowest BCUT2D eigenvalue weighted by molar-refractivity contribution is -0.138. The van der Waals surface area contributed by atoms with Crippen molar-refractivity contribution in [3.8, 4) is 5.69 Å². The highest BCUT2D eigenvalue weighted by Gasteiger charge is 2.02. The molecule has 1 aromatic heterocycles. The molecule has 0 unspecified atom stereocenters. The van der Waals surface area contributed by atoms with Crippen LogP contribution in [0.25, 0.3) is 11.8 Å². The minimum Gasteiger partial charge on any atom is -0.458 e. The summed E-state index contributed by atoms with van der Waals surface area (Å²) in [6.45, 7) is 0.171. The van der Waals surface area contributed by atoms with Crippen molar-refractivity contribution in [2.45, 2.75) is 6.61 Å². The molecule has 0 aliphatic carbocycles. The molecule has 0 bridgehead atoms. The number of rotatable bonds is 7. The fourth-order valence-corrected chi connectivity index (χ4v) is 2.98. The van der Waals surface area contributed by atoms with Crippen molar-refractivity contribution in [1.82, 2.24) is 9.55 Å². The lowest BCUT2D eigenvalue weighted by Gasteiger charge is -2.05. The third-order valence-electron chi connectivity index (χ3n) is 3.75. The highest BCUT2D eigenvalue weighted by molar-refractivity contribution is 7.92. The number of carbonyl (C=O) groups is 1. The molecular weight excluding hydrogens is 378 g/mol. The zero-order valence-electron chi connectivity index (χ0n) is 15.1. The van der Waals surface area contributed by atoms with Gasteiger partial charge in [0.05, 0.1) is 12.6 Å². The molecular formula is C20H19N3O4S. The number of sulfonamides is 1. The third-order valence-corrected chi connectivity index (χ3v) is 4.35. The number of nitrogens with one attached hydrogen (secondary N) is 1. The zero-order chi connectivity index (χ0) is 20.0. The Morgan fingerprint density at radius 2 is 1.86 bits per heavy atom. The second kappa shape index (κ2) is 8.53. The zero-order valence-corrected chi connectivity index (χ0v) is 16.0. The topological polar surface area (TPSA) is 90.3 Å². The molecule has 3 aromatic rings. The van der Waals surface area contributed by atoms with Gasteiger partial charge in [-0.05, 0) is 41.5 Å². The van der Waals surface area contributed by atoms with Gasteiger partial charge >= 0.3 is 5.97 Å². The number of hydrogen-bond acceptors (Lipinski definition) is 5. The maximum atomic E-state index is 11.9. The van der Waals surface area contributed by atoms with Crippen LogP contribution in [-0.4, -0.2) is 30.2 Å². The van der Waals surface area contributed by atoms with Crippen LogP contribution >= 0.6 is 0 Å². The molecule has 1 heterocycles. The van der Waals surface area contributed by atoms with Gasteiger partial charge in [-0.15, -0.1) is 0 Å². The standard InChI is InChI=1S/C20H19N3O4S/c1-28(25,26)22-18-7-2-16(3-8-18)6-11-20(24)27-14-17-4-9-19(10-5-17)23-13-12-21-15-23/h2-13,15,22H,14H2,1H3/b11-6+. The number of nitrogens with zero attached hydrogens (tertiary/aromatic N) is 2. The molecule has 0 saturated heterocycles. The van der Waals surface area contributed by atoms with Crippen molar-refractivity contribution in [2.75, 3.05) is 11.0 Å². The summed E-state index contributed by atoms with van der Waals surface area (Å²) in [7, 11) is -3.31. The molecule has 0 radical (unpaired) electrons. The highest BCUT2D eigenvalue weighted by atomic mass is 32.2. The van der Waals surface area contributed by atoms with Gasteiger partial charge in [-0.25, -0.2) is 18.2 Å². The van der Waals surface area contributed by atoms with E-state index in [1.165, 1.54) is 6.08 Å². The van der Waals surface area contributed by atoms with E-state index >= 15 is 0 Å². The predicted octanol–water partition coefficient (Wildman–Crippen LogP) is 3.00. The van der Waals surface area contributed by atoms with E-state index in [0.29, 0.717) is 5.69 Å². The molecule has 144 valence electrons. The van der Waals surface area contributed by atoms with Crippen LogP contribution in [0.1, 0.15) is 11.1 Å². The van der Waals surface area contributed by atoms with Crippen molar-refractivity contribution >= 4 is 27.8 Å². The number of benzene rings is 2. The quantitative estimate of drug-likeness (QED) is 0.489. The lowest BCUT2D eigenvalue weighted by Crippen LogP contribution is -2.09. The molecule has 28 heavy (non-hydrogen) atoms. The molecule has 1 N–H and O–H groups in total. The largest absolute Gasteiger partial charge is 0.458 e. The van der Waals surface area contributed by atoms with E-state index < -0.39 is 16.0 Å². The van der Waals surface area contributed by atoms with E-state index in [0.717, 1.165) is 23.1 Å². The van der Waals surface area contributed by atoms with Crippen LogP contribution in [0.2, 0.25) is 0 Å². The molecule has 0 amide bonds. The Kier molecular flexibility index (Phi) is 5.90. The first-order valence-electron chi connectivity index (χ1n) is 8.39. The minimum atomic E-state index is -3.31. The van der Waals surface area contributed by atoms with E-state index in [-0.39, 0.29) is 6.61 Å². The highest BCUT2D eigenvalue weighted by Crippen LogP contribution is 2.13. The number of ether oxygens (including phenoxy) is 1. The van der Waals surface area contributed by atoms with E-state index in [2.05, 4.69) is 9.71 Å². The monoisotopic (exact) mass is 397 g/mol. The van der Waals surface area contributed by atoms with Crippen LogP contribution < -0.4 is 4.72 Å². The first kappa shape index (κ1) is 19.4. The van der Waals surface area contributed by atoms with Crippen molar-refractivity contribution in [3.05, 3.63) is 84.5 Å². The van der Waals surface area contributed by atoms with E-state index in [1.807, 2.05) is 35.0 Å². The number of aromatic nitrogens is 2. The third kappa shape index (κ3) is 5.82. The maximum Gasteiger partial charge on any atom is 0.331 e. The number of hydrogen-bond donors (Lipinski definition) is 1. The normalized spacial score (nSPS) is 11.5. The van der Waals surface area contributed by atoms with Gasteiger partial charge < -0.3 is 9.30 Å². The minimum absolute atomic E-state index is 0.171. The van der Waals surface area contributed by atoms with E-state index in [4.69, 9.17) is 4.74 Å². The van der Waals surface area contributed by atoms with Gasteiger partial charge in [-0.3, -0.25) is 4.72 Å². The molecule has 0 aliphatic heterocycles. The van der Waals surface area contributed by atoms with Gasteiger partial charge in [-0.2, -0.15) is 0 Å².